The van der Waals surface area contributed by atoms with Crippen LogP contribution in [0.1, 0.15) is 11.1 Å². The van der Waals surface area contributed by atoms with Crippen LogP contribution in [0.25, 0.3) is 0 Å². The number of hydrogen-bond donors (Lipinski definition) is 1. The molecule has 0 amide bonds. The molecule has 0 saturated heterocycles. The molecular weight excluding hydrogens is 200 g/mol. The maximum absolute atomic E-state index is 5.73. The van der Waals surface area contributed by atoms with Crippen LogP contribution in [0.2, 0.25) is 0 Å². The van der Waals surface area contributed by atoms with E-state index in [0.29, 0.717) is 11.6 Å². The van der Waals surface area contributed by atoms with Gasteiger partial charge in [-0.3, -0.25) is 0 Å². The number of nitrogen functional groups attached to an aromatic ring is 1. The van der Waals surface area contributed by atoms with E-state index >= 15 is 0 Å². The maximum atomic E-state index is 5.73. The fourth-order valence-electron chi connectivity index (χ4n) is 1.47. The Labute approximate surface area is 94.9 Å². The van der Waals surface area contributed by atoms with E-state index in [4.69, 9.17) is 10.5 Å². The average molecular weight is 214 g/mol. The van der Waals surface area contributed by atoms with Crippen molar-refractivity contribution in [2.75, 3.05) is 5.73 Å². The molecule has 2 aromatic rings. The van der Waals surface area contributed by atoms with Crippen LogP contribution >= 0.6 is 0 Å². The normalized spacial score (nSPS) is 10.1. The second-order valence-electron chi connectivity index (χ2n) is 3.76. The predicted molar refractivity (Wildman–Crippen MR) is 64.6 cm³/mol. The van der Waals surface area contributed by atoms with Gasteiger partial charge in [0.15, 0.2) is 0 Å². The highest BCUT2D eigenvalue weighted by atomic mass is 16.5. The number of benzene rings is 1. The molecule has 0 saturated carbocycles. The minimum absolute atomic E-state index is 0.600. The Morgan fingerprint density at radius 3 is 2.56 bits per heavy atom. The summed E-state index contributed by atoms with van der Waals surface area (Å²) >= 11 is 0. The standard InChI is InChI=1S/C13H14N2O/c1-9-5-3-4-6-12(9)16-13-10(2)7-11(14)8-15-13/h3-8H,14H2,1-2H3. The van der Waals surface area contributed by atoms with Gasteiger partial charge in [-0.2, -0.15) is 0 Å². The summed E-state index contributed by atoms with van der Waals surface area (Å²) in [6.07, 6.45) is 1.60. The Morgan fingerprint density at radius 2 is 1.88 bits per heavy atom. The van der Waals surface area contributed by atoms with Gasteiger partial charge < -0.3 is 10.5 Å². The molecule has 0 aliphatic heterocycles. The van der Waals surface area contributed by atoms with E-state index < -0.39 is 0 Å². The number of aryl methyl sites for hydroxylation is 2. The first-order valence-electron chi connectivity index (χ1n) is 5.12. The molecule has 2 rings (SSSR count). The summed E-state index contributed by atoms with van der Waals surface area (Å²) in [5.41, 5.74) is 8.30. The highest BCUT2D eigenvalue weighted by molar-refractivity contribution is 5.44. The largest absolute Gasteiger partial charge is 0.438 e. The van der Waals surface area contributed by atoms with Gasteiger partial charge in [-0.25, -0.2) is 4.98 Å². The van der Waals surface area contributed by atoms with Gasteiger partial charge in [0.25, 0.3) is 0 Å². The summed E-state index contributed by atoms with van der Waals surface area (Å²) in [6.45, 7) is 3.93. The molecule has 0 aliphatic carbocycles. The smallest absolute Gasteiger partial charge is 0.222 e. The van der Waals surface area contributed by atoms with Crippen LogP contribution in [0.3, 0.4) is 0 Å². The van der Waals surface area contributed by atoms with Crippen LogP contribution in [0.4, 0.5) is 5.69 Å². The molecule has 0 unspecified atom stereocenters. The molecule has 1 heterocycles. The maximum Gasteiger partial charge on any atom is 0.222 e. The second kappa shape index (κ2) is 4.23. The fraction of sp³-hybridized carbons (Fsp3) is 0.154. The fourth-order valence-corrected chi connectivity index (χ4v) is 1.47. The number of anilines is 1. The predicted octanol–water partition coefficient (Wildman–Crippen LogP) is 3.07. The Morgan fingerprint density at radius 1 is 1.12 bits per heavy atom. The molecule has 2 N–H and O–H groups in total. The van der Waals surface area contributed by atoms with E-state index in [9.17, 15) is 0 Å². The molecule has 0 radical (unpaired) electrons. The Balaban J connectivity index is 2.31. The first-order chi connectivity index (χ1) is 7.66. The van der Waals surface area contributed by atoms with E-state index in [1.54, 1.807) is 6.20 Å². The van der Waals surface area contributed by atoms with Gasteiger partial charge in [-0.05, 0) is 31.5 Å². The van der Waals surface area contributed by atoms with Crippen molar-refractivity contribution in [2.24, 2.45) is 0 Å². The second-order valence-corrected chi connectivity index (χ2v) is 3.76. The lowest BCUT2D eigenvalue weighted by atomic mass is 10.2. The molecule has 16 heavy (non-hydrogen) atoms. The number of nitrogens with zero attached hydrogens (tertiary/aromatic N) is 1. The lowest BCUT2D eigenvalue weighted by Crippen LogP contribution is -1.95. The lowest BCUT2D eigenvalue weighted by molar-refractivity contribution is 0.456. The molecule has 0 bridgehead atoms. The van der Waals surface area contributed by atoms with Crippen molar-refractivity contribution in [3.63, 3.8) is 0 Å². The number of rotatable bonds is 2. The van der Waals surface area contributed by atoms with Crippen LogP contribution in [0, 0.1) is 13.8 Å². The summed E-state index contributed by atoms with van der Waals surface area (Å²) in [6, 6.07) is 9.69. The molecule has 3 nitrogen and oxygen atoms in total. The van der Waals surface area contributed by atoms with E-state index in [2.05, 4.69) is 4.98 Å². The van der Waals surface area contributed by atoms with Crippen LogP contribution in [-0.2, 0) is 0 Å². The van der Waals surface area contributed by atoms with Crippen molar-refractivity contribution < 1.29 is 4.74 Å². The average Bonchev–Trinajstić information content (AvgIpc) is 2.25. The van der Waals surface area contributed by atoms with Gasteiger partial charge in [0, 0.05) is 5.56 Å². The summed E-state index contributed by atoms with van der Waals surface area (Å²) in [5, 5.41) is 0. The van der Waals surface area contributed by atoms with E-state index in [1.165, 1.54) is 0 Å². The van der Waals surface area contributed by atoms with Crippen LogP contribution < -0.4 is 10.5 Å². The molecule has 1 aromatic carbocycles. The zero-order chi connectivity index (χ0) is 11.5. The van der Waals surface area contributed by atoms with E-state index in [-0.39, 0.29) is 0 Å². The van der Waals surface area contributed by atoms with Crippen LogP contribution in [0.15, 0.2) is 36.5 Å². The van der Waals surface area contributed by atoms with E-state index in [0.717, 1.165) is 16.9 Å². The number of hydrogen-bond acceptors (Lipinski definition) is 3. The minimum Gasteiger partial charge on any atom is -0.438 e. The SMILES string of the molecule is Cc1ccccc1Oc1ncc(N)cc1C. The summed E-state index contributed by atoms with van der Waals surface area (Å²) in [5.74, 6) is 1.42. The zero-order valence-corrected chi connectivity index (χ0v) is 9.40. The number of aromatic nitrogens is 1. The number of nitrogens with two attached hydrogens (primary N) is 1. The highest BCUT2D eigenvalue weighted by Crippen LogP contribution is 2.26. The lowest BCUT2D eigenvalue weighted by Gasteiger charge is -2.09. The summed E-state index contributed by atoms with van der Waals surface area (Å²) in [4.78, 5) is 4.17. The van der Waals surface area contributed by atoms with E-state index in [1.807, 2.05) is 44.2 Å². The molecule has 3 heteroatoms. The van der Waals surface area contributed by atoms with Crippen LogP contribution in [0.5, 0.6) is 11.6 Å². The number of para-hydroxylation sites is 1. The number of pyridine rings is 1. The third-order valence-corrected chi connectivity index (χ3v) is 2.35. The molecule has 0 spiro atoms. The molecule has 0 fully saturated rings. The van der Waals surface area contributed by atoms with Gasteiger partial charge in [0.1, 0.15) is 5.75 Å². The zero-order valence-electron chi connectivity index (χ0n) is 9.40. The molecule has 0 aliphatic rings. The number of ether oxygens (including phenoxy) is 1. The topological polar surface area (TPSA) is 48.1 Å². The van der Waals surface area contributed by atoms with Crippen molar-refractivity contribution in [1.82, 2.24) is 4.98 Å². The van der Waals surface area contributed by atoms with Crippen molar-refractivity contribution in [1.29, 1.82) is 0 Å². The Kier molecular flexibility index (Phi) is 2.77. The van der Waals surface area contributed by atoms with Gasteiger partial charge in [-0.1, -0.05) is 18.2 Å². The van der Waals surface area contributed by atoms with Crippen LogP contribution in [-0.4, -0.2) is 4.98 Å². The van der Waals surface area contributed by atoms with Gasteiger partial charge in [0.05, 0.1) is 11.9 Å². The third-order valence-electron chi connectivity index (χ3n) is 2.35. The Hall–Kier alpha value is -2.03. The van der Waals surface area contributed by atoms with Crippen molar-refractivity contribution in [3.05, 3.63) is 47.7 Å². The first kappa shape index (κ1) is 10.5. The van der Waals surface area contributed by atoms with Gasteiger partial charge in [-0.15, -0.1) is 0 Å². The minimum atomic E-state index is 0.600. The van der Waals surface area contributed by atoms with Crippen molar-refractivity contribution >= 4 is 5.69 Å². The highest BCUT2D eigenvalue weighted by Gasteiger charge is 2.04. The van der Waals surface area contributed by atoms with Gasteiger partial charge in [0.2, 0.25) is 5.88 Å². The summed E-state index contributed by atoms with van der Waals surface area (Å²) in [7, 11) is 0. The monoisotopic (exact) mass is 214 g/mol. The Bertz CT molecular complexity index is 509. The molecule has 0 atom stereocenters. The molecule has 82 valence electrons. The molecular formula is C13H14N2O. The van der Waals surface area contributed by atoms with Crippen molar-refractivity contribution in [3.8, 4) is 11.6 Å². The van der Waals surface area contributed by atoms with Crippen molar-refractivity contribution in [2.45, 2.75) is 13.8 Å². The quantitative estimate of drug-likeness (QED) is 0.835. The molecule has 1 aromatic heterocycles. The third kappa shape index (κ3) is 2.14. The van der Waals surface area contributed by atoms with Gasteiger partial charge >= 0.3 is 0 Å². The first-order valence-corrected chi connectivity index (χ1v) is 5.12. The summed E-state index contributed by atoms with van der Waals surface area (Å²) < 4.78 is 5.73.